The Morgan fingerprint density at radius 1 is 1.40 bits per heavy atom. The molecule has 84 valence electrons. The van der Waals surface area contributed by atoms with Gasteiger partial charge in [0.1, 0.15) is 8.07 Å². The first-order valence-electron chi connectivity index (χ1n) is 4.99. The number of hydrogen-bond donors (Lipinski definition) is 1. The fourth-order valence-electron chi connectivity index (χ4n) is 1.30. The molecule has 1 N–H and O–H groups in total. The fraction of sp³-hybridized carbons (Fsp3) is 0.545. The largest absolute Gasteiger partial charge is 0.478 e. The molecule has 15 heavy (non-hydrogen) atoms. The SMILES string of the molecule is CC(C)(C)[Si](C)(C)c1occc1C(=O)O. The van der Waals surface area contributed by atoms with Gasteiger partial charge in [0.25, 0.3) is 0 Å². The van der Waals surface area contributed by atoms with Crippen molar-refractivity contribution in [3.05, 3.63) is 17.9 Å². The summed E-state index contributed by atoms with van der Waals surface area (Å²) in [7, 11) is -1.88. The molecule has 0 saturated heterocycles. The molecular formula is C11H18O3Si. The van der Waals surface area contributed by atoms with Crippen LogP contribution in [0.15, 0.2) is 16.7 Å². The molecule has 0 aliphatic rings. The van der Waals surface area contributed by atoms with Crippen LogP contribution in [-0.2, 0) is 0 Å². The van der Waals surface area contributed by atoms with E-state index in [-0.39, 0.29) is 5.04 Å². The van der Waals surface area contributed by atoms with Crippen LogP contribution in [0.2, 0.25) is 18.1 Å². The van der Waals surface area contributed by atoms with Gasteiger partial charge in [-0.15, -0.1) is 0 Å². The quantitative estimate of drug-likeness (QED) is 0.789. The Morgan fingerprint density at radius 3 is 2.33 bits per heavy atom. The molecular weight excluding hydrogens is 208 g/mol. The Hall–Kier alpha value is -1.03. The van der Waals surface area contributed by atoms with Crippen molar-refractivity contribution in [2.75, 3.05) is 0 Å². The smallest absolute Gasteiger partial charge is 0.338 e. The maximum absolute atomic E-state index is 11.0. The minimum atomic E-state index is -1.88. The predicted molar refractivity (Wildman–Crippen MR) is 62.5 cm³/mol. The van der Waals surface area contributed by atoms with E-state index in [9.17, 15) is 4.79 Å². The Bertz CT molecular complexity index is 371. The van der Waals surface area contributed by atoms with E-state index >= 15 is 0 Å². The average molecular weight is 226 g/mol. The van der Waals surface area contributed by atoms with Gasteiger partial charge in [0.05, 0.1) is 17.2 Å². The molecule has 0 bridgehead atoms. The van der Waals surface area contributed by atoms with Gasteiger partial charge in [-0.1, -0.05) is 33.9 Å². The fourth-order valence-corrected chi connectivity index (χ4v) is 3.21. The highest BCUT2D eigenvalue weighted by Crippen LogP contribution is 2.36. The molecule has 1 aromatic heterocycles. The van der Waals surface area contributed by atoms with Gasteiger partial charge in [0.2, 0.25) is 0 Å². The van der Waals surface area contributed by atoms with Crippen molar-refractivity contribution < 1.29 is 14.3 Å². The van der Waals surface area contributed by atoms with Gasteiger partial charge in [-0.25, -0.2) is 4.79 Å². The Morgan fingerprint density at radius 2 is 1.93 bits per heavy atom. The minimum absolute atomic E-state index is 0.0784. The molecule has 0 atom stereocenters. The molecule has 0 radical (unpaired) electrons. The molecule has 4 heteroatoms. The topological polar surface area (TPSA) is 50.4 Å². The van der Waals surface area contributed by atoms with Crippen molar-refractivity contribution in [2.24, 2.45) is 0 Å². The van der Waals surface area contributed by atoms with E-state index in [4.69, 9.17) is 9.52 Å². The second kappa shape index (κ2) is 3.52. The van der Waals surface area contributed by atoms with Crippen LogP contribution >= 0.6 is 0 Å². The number of hydrogen-bond acceptors (Lipinski definition) is 2. The Balaban J connectivity index is 3.27. The third kappa shape index (κ3) is 1.99. The highest BCUT2D eigenvalue weighted by molar-refractivity contribution is 6.91. The predicted octanol–water partition coefficient (Wildman–Crippen LogP) is 2.69. The monoisotopic (exact) mass is 226 g/mol. The molecule has 0 aliphatic heterocycles. The number of carboxylic acid groups (broad SMARTS) is 1. The summed E-state index contributed by atoms with van der Waals surface area (Å²) >= 11 is 0. The lowest BCUT2D eigenvalue weighted by molar-refractivity contribution is 0.0698. The lowest BCUT2D eigenvalue weighted by atomic mass is 10.2. The number of furan rings is 1. The van der Waals surface area contributed by atoms with E-state index in [0.717, 1.165) is 0 Å². The number of aromatic carboxylic acids is 1. The third-order valence-electron chi connectivity index (χ3n) is 3.34. The summed E-state index contributed by atoms with van der Waals surface area (Å²) in [5.41, 5.74) is 0.321. The van der Waals surface area contributed by atoms with E-state index < -0.39 is 14.0 Å². The zero-order valence-electron chi connectivity index (χ0n) is 9.92. The van der Waals surface area contributed by atoms with E-state index in [2.05, 4.69) is 33.9 Å². The summed E-state index contributed by atoms with van der Waals surface area (Å²) in [4.78, 5) is 11.0. The normalized spacial score (nSPS) is 12.9. The Kier molecular flexibility index (Phi) is 2.83. The van der Waals surface area contributed by atoms with Gasteiger partial charge in [-0.05, 0) is 11.1 Å². The molecule has 0 spiro atoms. The second-order valence-corrected chi connectivity index (χ2v) is 10.5. The highest BCUT2D eigenvalue weighted by Gasteiger charge is 2.42. The van der Waals surface area contributed by atoms with Crippen LogP contribution in [0.3, 0.4) is 0 Å². The van der Waals surface area contributed by atoms with Crippen LogP contribution in [0.4, 0.5) is 0 Å². The van der Waals surface area contributed by atoms with Crippen LogP contribution in [-0.4, -0.2) is 19.1 Å². The molecule has 0 amide bonds. The summed E-state index contributed by atoms with van der Waals surface area (Å²) in [6.45, 7) is 10.7. The van der Waals surface area contributed by atoms with Gasteiger partial charge in [-0.2, -0.15) is 0 Å². The molecule has 1 rings (SSSR count). The number of carbonyl (C=O) groups is 1. The molecule has 0 saturated carbocycles. The molecule has 1 heterocycles. The summed E-state index contributed by atoms with van der Waals surface area (Å²) in [6, 6.07) is 1.54. The van der Waals surface area contributed by atoms with Gasteiger partial charge < -0.3 is 9.52 Å². The molecule has 0 unspecified atom stereocenters. The van der Waals surface area contributed by atoms with Crippen molar-refractivity contribution in [3.8, 4) is 0 Å². The number of carboxylic acids is 1. The summed E-state index contributed by atoms with van der Waals surface area (Å²) < 4.78 is 5.40. The van der Waals surface area contributed by atoms with Gasteiger partial charge >= 0.3 is 5.97 Å². The zero-order chi connectivity index (χ0) is 11.9. The van der Waals surface area contributed by atoms with Gasteiger partial charge in [0, 0.05) is 0 Å². The van der Waals surface area contributed by atoms with E-state index in [1.165, 1.54) is 12.3 Å². The van der Waals surface area contributed by atoms with E-state index in [1.54, 1.807) is 0 Å². The van der Waals surface area contributed by atoms with E-state index in [1.807, 2.05) is 0 Å². The number of rotatable bonds is 2. The first kappa shape index (κ1) is 12.0. The Labute approximate surface area is 91.1 Å². The molecule has 3 nitrogen and oxygen atoms in total. The molecule has 1 aromatic rings. The maximum Gasteiger partial charge on any atom is 0.338 e. The van der Waals surface area contributed by atoms with Crippen LogP contribution in [0.5, 0.6) is 0 Å². The summed E-state index contributed by atoms with van der Waals surface area (Å²) in [5.74, 6) is -0.899. The van der Waals surface area contributed by atoms with Crippen LogP contribution in [0.25, 0.3) is 0 Å². The molecule has 0 aromatic carbocycles. The van der Waals surface area contributed by atoms with Crippen molar-refractivity contribution in [2.45, 2.75) is 38.9 Å². The standard InChI is InChI=1S/C11H18O3Si/c1-11(2,3)15(4,5)10-8(9(12)13)6-7-14-10/h6-7H,1-5H3,(H,12,13). The highest BCUT2D eigenvalue weighted by atomic mass is 28.3. The van der Waals surface area contributed by atoms with Crippen LogP contribution < -0.4 is 5.38 Å². The maximum atomic E-state index is 11.0. The van der Waals surface area contributed by atoms with Crippen molar-refractivity contribution in [1.82, 2.24) is 0 Å². The third-order valence-corrected chi connectivity index (χ3v) is 8.61. The van der Waals surface area contributed by atoms with Crippen molar-refractivity contribution in [3.63, 3.8) is 0 Å². The minimum Gasteiger partial charge on any atom is -0.478 e. The molecule has 0 aliphatic carbocycles. The molecule has 0 fully saturated rings. The van der Waals surface area contributed by atoms with Crippen LogP contribution in [0, 0.1) is 0 Å². The lowest BCUT2D eigenvalue weighted by Gasteiger charge is -2.35. The van der Waals surface area contributed by atoms with Crippen molar-refractivity contribution in [1.29, 1.82) is 0 Å². The summed E-state index contributed by atoms with van der Waals surface area (Å²) in [6.07, 6.45) is 1.47. The zero-order valence-corrected chi connectivity index (χ0v) is 10.9. The first-order chi connectivity index (χ1) is 6.68. The van der Waals surface area contributed by atoms with Gasteiger partial charge in [-0.3, -0.25) is 0 Å². The van der Waals surface area contributed by atoms with Crippen LogP contribution in [0.1, 0.15) is 31.1 Å². The van der Waals surface area contributed by atoms with Gasteiger partial charge in [0.15, 0.2) is 0 Å². The summed E-state index contributed by atoms with van der Waals surface area (Å²) in [5, 5.41) is 9.81. The van der Waals surface area contributed by atoms with Crippen molar-refractivity contribution >= 4 is 19.4 Å². The first-order valence-corrected chi connectivity index (χ1v) is 7.99. The van der Waals surface area contributed by atoms with E-state index in [0.29, 0.717) is 10.9 Å². The second-order valence-electron chi connectivity index (χ2n) is 5.34. The lowest BCUT2D eigenvalue weighted by Crippen LogP contribution is -2.50. The average Bonchev–Trinajstić information content (AvgIpc) is 2.48.